The van der Waals surface area contributed by atoms with Gasteiger partial charge in [0.2, 0.25) is 0 Å². The van der Waals surface area contributed by atoms with Gasteiger partial charge in [-0.15, -0.1) is 6.58 Å². The van der Waals surface area contributed by atoms with Crippen LogP contribution in [0.5, 0.6) is 0 Å². The van der Waals surface area contributed by atoms with E-state index in [0.29, 0.717) is 12.1 Å². The van der Waals surface area contributed by atoms with Gasteiger partial charge in [-0.3, -0.25) is 0 Å². The van der Waals surface area contributed by atoms with Crippen molar-refractivity contribution in [2.24, 2.45) is 5.92 Å². The molecular formula is C15H24N2. The number of nitrogens with one attached hydrogen (secondary N) is 1. The van der Waals surface area contributed by atoms with Crippen LogP contribution in [-0.4, -0.2) is 18.1 Å². The summed E-state index contributed by atoms with van der Waals surface area (Å²) in [6, 6.07) is 0. The van der Waals surface area contributed by atoms with Gasteiger partial charge >= 0.3 is 0 Å². The molecule has 0 amide bonds. The summed E-state index contributed by atoms with van der Waals surface area (Å²) in [5.74, 6) is 0.551. The van der Waals surface area contributed by atoms with E-state index in [0.717, 1.165) is 24.1 Å². The zero-order valence-corrected chi connectivity index (χ0v) is 11.3. The van der Waals surface area contributed by atoms with Crippen molar-refractivity contribution in [3.8, 4) is 0 Å². The maximum Gasteiger partial charge on any atom is 0.102 e. The molecule has 1 rings (SSSR count). The van der Waals surface area contributed by atoms with Crippen LogP contribution in [0.4, 0.5) is 0 Å². The van der Waals surface area contributed by atoms with E-state index in [9.17, 15) is 0 Å². The summed E-state index contributed by atoms with van der Waals surface area (Å²) < 4.78 is 0. The predicted molar refractivity (Wildman–Crippen MR) is 75.3 cm³/mol. The molecule has 0 aliphatic carbocycles. The quantitative estimate of drug-likeness (QED) is 0.731. The van der Waals surface area contributed by atoms with Crippen LogP contribution in [0.1, 0.15) is 26.7 Å². The second-order valence-corrected chi connectivity index (χ2v) is 4.57. The number of hydrogen-bond acceptors (Lipinski definition) is 2. The van der Waals surface area contributed by atoms with E-state index in [2.05, 4.69) is 50.8 Å². The normalized spacial score (nSPS) is 22.2. The Bertz CT molecular complexity index is 352. The summed E-state index contributed by atoms with van der Waals surface area (Å²) in [5, 5.41) is 3.49. The summed E-state index contributed by atoms with van der Waals surface area (Å²) in [6.07, 6.45) is 6.30. The molecule has 2 heteroatoms. The van der Waals surface area contributed by atoms with Crippen LogP contribution in [-0.2, 0) is 0 Å². The molecule has 0 aromatic carbocycles. The number of hydrogen-bond donors (Lipinski definition) is 1. The summed E-state index contributed by atoms with van der Waals surface area (Å²) in [4.78, 5) is 2.28. The van der Waals surface area contributed by atoms with Crippen LogP contribution in [0, 0.1) is 5.92 Å². The van der Waals surface area contributed by atoms with Crippen LogP contribution in [0.15, 0.2) is 48.9 Å². The second-order valence-electron chi connectivity index (χ2n) is 4.57. The van der Waals surface area contributed by atoms with E-state index < -0.39 is 0 Å². The molecule has 2 nitrogen and oxygen atoms in total. The first-order valence-corrected chi connectivity index (χ1v) is 6.19. The standard InChI is InChI=1S/C15H24N2/c1-7-10-13(8-2)15-16-11(4)14(9-3)12(5)17(15)6/h7,9,13,15-16H,1,3-4,8,10H2,2,5-6H3. The van der Waals surface area contributed by atoms with Crippen LogP contribution in [0.3, 0.4) is 0 Å². The highest BCUT2D eigenvalue weighted by molar-refractivity contribution is 5.41. The molecule has 0 aromatic heterocycles. The van der Waals surface area contributed by atoms with Gasteiger partial charge in [0.05, 0.1) is 0 Å². The van der Waals surface area contributed by atoms with Crippen molar-refractivity contribution in [2.75, 3.05) is 7.05 Å². The molecule has 1 aliphatic heterocycles. The van der Waals surface area contributed by atoms with Gasteiger partial charge < -0.3 is 10.2 Å². The van der Waals surface area contributed by atoms with Crippen LogP contribution < -0.4 is 5.32 Å². The van der Waals surface area contributed by atoms with Crippen molar-refractivity contribution in [1.29, 1.82) is 0 Å². The van der Waals surface area contributed by atoms with Crippen molar-refractivity contribution in [3.63, 3.8) is 0 Å². The van der Waals surface area contributed by atoms with Crippen molar-refractivity contribution < 1.29 is 0 Å². The van der Waals surface area contributed by atoms with Gasteiger partial charge in [0.25, 0.3) is 0 Å². The number of allylic oxidation sites excluding steroid dienone is 3. The van der Waals surface area contributed by atoms with E-state index in [1.807, 2.05) is 12.2 Å². The lowest BCUT2D eigenvalue weighted by Gasteiger charge is -2.42. The molecule has 1 aliphatic rings. The molecule has 17 heavy (non-hydrogen) atoms. The van der Waals surface area contributed by atoms with Crippen molar-refractivity contribution >= 4 is 0 Å². The van der Waals surface area contributed by atoms with Gasteiger partial charge in [0.15, 0.2) is 0 Å². The molecule has 2 atom stereocenters. The molecule has 0 fully saturated rings. The molecule has 0 spiro atoms. The first-order valence-electron chi connectivity index (χ1n) is 6.19. The Morgan fingerprint density at radius 2 is 2.12 bits per heavy atom. The Morgan fingerprint density at radius 3 is 2.59 bits per heavy atom. The summed E-state index contributed by atoms with van der Waals surface area (Å²) in [7, 11) is 2.12. The minimum Gasteiger partial charge on any atom is -0.365 e. The Balaban J connectivity index is 2.99. The van der Waals surface area contributed by atoms with E-state index in [-0.39, 0.29) is 0 Å². The lowest BCUT2D eigenvalue weighted by molar-refractivity contribution is 0.176. The summed E-state index contributed by atoms with van der Waals surface area (Å²) >= 11 is 0. The maximum atomic E-state index is 4.09. The van der Waals surface area contributed by atoms with E-state index in [1.165, 1.54) is 5.70 Å². The Morgan fingerprint density at radius 1 is 1.47 bits per heavy atom. The summed E-state index contributed by atoms with van der Waals surface area (Å²) in [6.45, 7) is 16.1. The highest BCUT2D eigenvalue weighted by Crippen LogP contribution is 2.28. The van der Waals surface area contributed by atoms with Crippen molar-refractivity contribution in [2.45, 2.75) is 32.9 Å². The molecular weight excluding hydrogens is 208 g/mol. The predicted octanol–water partition coefficient (Wildman–Crippen LogP) is 3.42. The fourth-order valence-electron chi connectivity index (χ4n) is 2.41. The zero-order valence-electron chi connectivity index (χ0n) is 11.3. The third kappa shape index (κ3) is 2.63. The topological polar surface area (TPSA) is 15.3 Å². The zero-order chi connectivity index (χ0) is 13.0. The van der Waals surface area contributed by atoms with Crippen molar-refractivity contribution in [1.82, 2.24) is 10.2 Å². The van der Waals surface area contributed by atoms with Crippen LogP contribution in [0.25, 0.3) is 0 Å². The third-order valence-corrected chi connectivity index (χ3v) is 3.63. The highest BCUT2D eigenvalue weighted by Gasteiger charge is 2.28. The molecule has 2 unspecified atom stereocenters. The minimum absolute atomic E-state index is 0.300. The molecule has 1 heterocycles. The maximum absolute atomic E-state index is 4.09. The van der Waals surface area contributed by atoms with Crippen molar-refractivity contribution in [3.05, 3.63) is 48.9 Å². The second kappa shape index (κ2) is 5.76. The Hall–Kier alpha value is -1.44. The highest BCUT2D eigenvalue weighted by atomic mass is 15.3. The van der Waals surface area contributed by atoms with Gasteiger partial charge in [-0.05, 0) is 19.8 Å². The number of rotatable bonds is 5. The molecule has 0 saturated carbocycles. The lowest BCUT2D eigenvalue weighted by atomic mass is 9.94. The van der Waals surface area contributed by atoms with Gasteiger partial charge in [0.1, 0.15) is 6.17 Å². The average molecular weight is 232 g/mol. The molecule has 1 N–H and O–H groups in total. The van der Waals surface area contributed by atoms with Gasteiger partial charge in [-0.25, -0.2) is 0 Å². The molecule has 0 radical (unpaired) electrons. The fourth-order valence-corrected chi connectivity index (χ4v) is 2.41. The first kappa shape index (κ1) is 13.6. The van der Waals surface area contributed by atoms with Gasteiger partial charge in [0, 0.05) is 29.9 Å². The van der Waals surface area contributed by atoms with E-state index >= 15 is 0 Å². The van der Waals surface area contributed by atoms with Gasteiger partial charge in [-0.1, -0.05) is 32.2 Å². The smallest absolute Gasteiger partial charge is 0.102 e. The monoisotopic (exact) mass is 232 g/mol. The third-order valence-electron chi connectivity index (χ3n) is 3.63. The largest absolute Gasteiger partial charge is 0.365 e. The SMILES string of the molecule is C=CCC(CC)C1NC(=C)C(C=C)=C(C)N1C. The van der Waals surface area contributed by atoms with E-state index in [4.69, 9.17) is 0 Å². The van der Waals surface area contributed by atoms with Crippen LogP contribution >= 0.6 is 0 Å². The Kier molecular flexibility index (Phi) is 4.62. The molecule has 0 aromatic rings. The molecule has 0 saturated heterocycles. The first-order chi connectivity index (χ1) is 8.06. The molecule has 94 valence electrons. The number of nitrogens with zero attached hydrogens (tertiary/aromatic N) is 1. The molecule has 0 bridgehead atoms. The summed E-state index contributed by atoms with van der Waals surface area (Å²) in [5.41, 5.74) is 3.32. The van der Waals surface area contributed by atoms with Gasteiger partial charge in [-0.2, -0.15) is 0 Å². The Labute approximate surface area is 105 Å². The lowest BCUT2D eigenvalue weighted by Crippen LogP contribution is -2.50. The van der Waals surface area contributed by atoms with Crippen LogP contribution in [0.2, 0.25) is 0 Å². The average Bonchev–Trinajstić information content (AvgIpc) is 2.32. The van der Waals surface area contributed by atoms with E-state index in [1.54, 1.807) is 0 Å². The minimum atomic E-state index is 0.300. The fraction of sp³-hybridized carbons (Fsp3) is 0.467.